The molecular weight excluding hydrogens is 204 g/mol. The van der Waals surface area contributed by atoms with Gasteiger partial charge in [0, 0.05) is 13.3 Å². The molecule has 0 saturated carbocycles. The van der Waals surface area contributed by atoms with E-state index in [0.717, 1.165) is 12.8 Å². The van der Waals surface area contributed by atoms with E-state index in [1.807, 2.05) is 20.8 Å². The summed E-state index contributed by atoms with van der Waals surface area (Å²) < 4.78 is 11.2. The molecule has 3 nitrogen and oxygen atoms in total. The van der Waals surface area contributed by atoms with Gasteiger partial charge in [-0.2, -0.15) is 0 Å². The van der Waals surface area contributed by atoms with Crippen LogP contribution in [-0.4, -0.2) is 17.4 Å². The van der Waals surface area contributed by atoms with Crippen molar-refractivity contribution in [1.82, 2.24) is 0 Å². The predicted molar refractivity (Wildman–Crippen MR) is 63.0 cm³/mol. The van der Waals surface area contributed by atoms with E-state index in [2.05, 4.69) is 6.92 Å². The normalized spacial score (nSPS) is 28.9. The molecule has 1 aliphatic heterocycles. The first kappa shape index (κ1) is 13.5. The van der Waals surface area contributed by atoms with Crippen LogP contribution in [0.1, 0.15) is 66.2 Å². The average molecular weight is 228 g/mol. The van der Waals surface area contributed by atoms with Crippen LogP contribution in [-0.2, 0) is 14.3 Å². The summed E-state index contributed by atoms with van der Waals surface area (Å²) in [5, 5.41) is 0. The highest BCUT2D eigenvalue weighted by Crippen LogP contribution is 2.34. The molecule has 0 aliphatic carbocycles. The summed E-state index contributed by atoms with van der Waals surface area (Å²) in [5.41, 5.74) is -0.394. The van der Waals surface area contributed by atoms with Gasteiger partial charge in [0.15, 0.2) is 0 Å². The number of carbonyl (C=O) groups is 1. The fourth-order valence-electron chi connectivity index (χ4n) is 2.24. The van der Waals surface area contributed by atoms with Crippen molar-refractivity contribution in [3.63, 3.8) is 0 Å². The smallest absolute Gasteiger partial charge is 0.311 e. The molecule has 1 rings (SSSR count). The van der Waals surface area contributed by atoms with Crippen molar-refractivity contribution >= 4 is 5.97 Å². The number of ether oxygens (including phenoxy) is 2. The standard InChI is InChI=1S/C13H24O3/c1-5-6-7-8-9-13(4)15-11(14)10-12(2,3)16-13/h5-10H2,1-4H3. The van der Waals surface area contributed by atoms with Crippen LogP contribution in [0.4, 0.5) is 0 Å². The van der Waals surface area contributed by atoms with Gasteiger partial charge in [-0.15, -0.1) is 0 Å². The van der Waals surface area contributed by atoms with Crippen molar-refractivity contribution < 1.29 is 14.3 Å². The third kappa shape index (κ3) is 4.12. The van der Waals surface area contributed by atoms with Crippen LogP contribution in [0.25, 0.3) is 0 Å². The van der Waals surface area contributed by atoms with Crippen molar-refractivity contribution in [3.05, 3.63) is 0 Å². The van der Waals surface area contributed by atoms with Crippen LogP contribution in [0.5, 0.6) is 0 Å². The Morgan fingerprint density at radius 1 is 1.19 bits per heavy atom. The fraction of sp³-hybridized carbons (Fsp3) is 0.923. The fourth-order valence-corrected chi connectivity index (χ4v) is 2.24. The van der Waals surface area contributed by atoms with E-state index in [4.69, 9.17) is 9.47 Å². The highest BCUT2D eigenvalue weighted by Gasteiger charge is 2.42. The topological polar surface area (TPSA) is 35.5 Å². The third-order valence-corrected chi connectivity index (χ3v) is 2.88. The number of carbonyl (C=O) groups excluding carboxylic acids is 1. The van der Waals surface area contributed by atoms with E-state index in [1.54, 1.807) is 0 Å². The lowest BCUT2D eigenvalue weighted by Crippen LogP contribution is -2.49. The van der Waals surface area contributed by atoms with Crippen LogP contribution in [0.3, 0.4) is 0 Å². The van der Waals surface area contributed by atoms with Gasteiger partial charge in [-0.3, -0.25) is 4.79 Å². The van der Waals surface area contributed by atoms with Gasteiger partial charge in [0.05, 0.1) is 12.0 Å². The molecule has 1 fully saturated rings. The number of cyclic esters (lactones) is 1. The minimum absolute atomic E-state index is 0.144. The van der Waals surface area contributed by atoms with E-state index in [9.17, 15) is 4.79 Å². The van der Waals surface area contributed by atoms with Gasteiger partial charge < -0.3 is 9.47 Å². The Hall–Kier alpha value is -0.570. The SMILES string of the molecule is CCCCCCC1(C)OC(=O)CC(C)(C)O1. The highest BCUT2D eigenvalue weighted by molar-refractivity contribution is 5.71. The summed E-state index contributed by atoms with van der Waals surface area (Å²) in [6.07, 6.45) is 5.80. The first-order chi connectivity index (χ1) is 7.37. The summed E-state index contributed by atoms with van der Waals surface area (Å²) in [6.45, 7) is 7.94. The molecule has 1 saturated heterocycles. The maximum absolute atomic E-state index is 11.5. The zero-order chi connectivity index (χ0) is 12.2. The second-order valence-corrected chi connectivity index (χ2v) is 5.46. The highest BCUT2D eigenvalue weighted by atomic mass is 16.7. The van der Waals surface area contributed by atoms with Crippen LogP contribution < -0.4 is 0 Å². The Morgan fingerprint density at radius 3 is 2.44 bits per heavy atom. The van der Waals surface area contributed by atoms with E-state index >= 15 is 0 Å². The lowest BCUT2D eigenvalue weighted by molar-refractivity contribution is -0.291. The Bertz CT molecular complexity index is 248. The maximum Gasteiger partial charge on any atom is 0.311 e. The molecule has 0 amide bonds. The zero-order valence-electron chi connectivity index (χ0n) is 11.0. The molecule has 0 aromatic carbocycles. The summed E-state index contributed by atoms with van der Waals surface area (Å²) >= 11 is 0. The monoisotopic (exact) mass is 228 g/mol. The Morgan fingerprint density at radius 2 is 1.88 bits per heavy atom. The molecule has 94 valence electrons. The molecule has 0 bridgehead atoms. The van der Waals surface area contributed by atoms with Crippen LogP contribution >= 0.6 is 0 Å². The first-order valence-corrected chi connectivity index (χ1v) is 6.29. The molecule has 1 unspecified atom stereocenters. The van der Waals surface area contributed by atoms with Crippen molar-refractivity contribution in [1.29, 1.82) is 0 Å². The Balaban J connectivity index is 2.45. The number of unbranched alkanes of at least 4 members (excludes halogenated alkanes) is 3. The second kappa shape index (κ2) is 5.17. The van der Waals surface area contributed by atoms with E-state index in [-0.39, 0.29) is 5.97 Å². The summed E-state index contributed by atoms with van der Waals surface area (Å²) in [5.74, 6) is -0.860. The third-order valence-electron chi connectivity index (χ3n) is 2.88. The Labute approximate surface area is 98.5 Å². The average Bonchev–Trinajstić information content (AvgIpc) is 2.08. The lowest BCUT2D eigenvalue weighted by atomic mass is 10.00. The van der Waals surface area contributed by atoms with E-state index in [0.29, 0.717) is 6.42 Å². The molecule has 0 N–H and O–H groups in total. The zero-order valence-corrected chi connectivity index (χ0v) is 11.0. The molecule has 3 heteroatoms. The van der Waals surface area contributed by atoms with Gasteiger partial charge in [0.2, 0.25) is 5.79 Å². The first-order valence-electron chi connectivity index (χ1n) is 6.29. The molecule has 1 aliphatic rings. The lowest BCUT2D eigenvalue weighted by Gasteiger charge is -2.42. The minimum Gasteiger partial charge on any atom is -0.433 e. The Kier molecular flexibility index (Phi) is 4.36. The van der Waals surface area contributed by atoms with Gasteiger partial charge in [0.1, 0.15) is 0 Å². The molecule has 1 atom stereocenters. The van der Waals surface area contributed by atoms with Gasteiger partial charge in [-0.1, -0.05) is 26.2 Å². The summed E-state index contributed by atoms with van der Waals surface area (Å²) in [6, 6.07) is 0. The molecule has 0 aromatic heterocycles. The number of hydrogen-bond donors (Lipinski definition) is 0. The van der Waals surface area contributed by atoms with Crippen molar-refractivity contribution in [2.24, 2.45) is 0 Å². The quantitative estimate of drug-likeness (QED) is 0.534. The van der Waals surface area contributed by atoms with E-state index in [1.165, 1.54) is 19.3 Å². The van der Waals surface area contributed by atoms with Crippen molar-refractivity contribution in [2.75, 3.05) is 0 Å². The van der Waals surface area contributed by atoms with Crippen LogP contribution in [0.2, 0.25) is 0 Å². The van der Waals surface area contributed by atoms with Gasteiger partial charge in [0.25, 0.3) is 0 Å². The van der Waals surface area contributed by atoms with Crippen LogP contribution in [0, 0.1) is 0 Å². The summed E-state index contributed by atoms with van der Waals surface area (Å²) in [7, 11) is 0. The van der Waals surface area contributed by atoms with Crippen LogP contribution in [0.15, 0.2) is 0 Å². The molecule has 0 radical (unpaired) electrons. The van der Waals surface area contributed by atoms with Gasteiger partial charge in [-0.05, 0) is 20.3 Å². The number of rotatable bonds is 5. The largest absolute Gasteiger partial charge is 0.433 e. The number of esters is 1. The van der Waals surface area contributed by atoms with Gasteiger partial charge >= 0.3 is 5.97 Å². The second-order valence-electron chi connectivity index (χ2n) is 5.46. The minimum atomic E-state index is -0.716. The van der Waals surface area contributed by atoms with E-state index < -0.39 is 11.4 Å². The molecular formula is C13H24O3. The summed E-state index contributed by atoms with van der Waals surface area (Å²) in [4.78, 5) is 11.5. The molecule has 0 aromatic rings. The molecule has 1 heterocycles. The van der Waals surface area contributed by atoms with Gasteiger partial charge in [-0.25, -0.2) is 0 Å². The molecule has 0 spiro atoms. The predicted octanol–water partition coefficient (Wildman–Crippen LogP) is 3.42. The number of hydrogen-bond acceptors (Lipinski definition) is 3. The van der Waals surface area contributed by atoms with Crippen molar-refractivity contribution in [3.8, 4) is 0 Å². The molecule has 16 heavy (non-hydrogen) atoms. The maximum atomic E-state index is 11.5. The van der Waals surface area contributed by atoms with Crippen molar-refractivity contribution in [2.45, 2.75) is 77.6 Å².